The zero-order valence-electron chi connectivity index (χ0n) is 18.4. The number of aliphatic imine (C=N–C) groups is 1. The van der Waals surface area contributed by atoms with E-state index in [0.717, 1.165) is 35.9 Å². The highest BCUT2D eigenvalue weighted by molar-refractivity contribution is 14.0. The van der Waals surface area contributed by atoms with E-state index in [1.807, 2.05) is 37.4 Å². The second-order valence-electron chi connectivity index (χ2n) is 7.35. The van der Waals surface area contributed by atoms with Gasteiger partial charge < -0.3 is 19.7 Å². The quantitative estimate of drug-likeness (QED) is 0.330. The van der Waals surface area contributed by atoms with Gasteiger partial charge in [-0.3, -0.25) is 9.89 Å². The van der Waals surface area contributed by atoms with Crippen LogP contribution in [-0.2, 0) is 11.3 Å². The molecule has 170 valence electrons. The Labute approximate surface area is 201 Å². The van der Waals surface area contributed by atoms with Gasteiger partial charge in [0.25, 0.3) is 0 Å². The Morgan fingerprint density at radius 3 is 2.55 bits per heavy atom. The van der Waals surface area contributed by atoms with E-state index in [1.165, 1.54) is 6.07 Å². The minimum Gasteiger partial charge on any atom is -0.497 e. The molecule has 0 aliphatic carbocycles. The molecule has 8 heteroatoms. The molecule has 0 radical (unpaired) electrons. The van der Waals surface area contributed by atoms with Crippen molar-refractivity contribution in [1.82, 2.24) is 15.1 Å². The highest BCUT2D eigenvalue weighted by Gasteiger charge is 2.23. The lowest BCUT2D eigenvalue weighted by atomic mass is 10.0. The molecule has 2 aromatic carbocycles. The van der Waals surface area contributed by atoms with Gasteiger partial charge in [-0.15, -0.1) is 24.0 Å². The Hall–Kier alpha value is -1.91. The van der Waals surface area contributed by atoms with Crippen molar-refractivity contribution in [3.63, 3.8) is 0 Å². The summed E-state index contributed by atoms with van der Waals surface area (Å²) in [6.07, 6.45) is 0. The lowest BCUT2D eigenvalue weighted by molar-refractivity contribution is 0.0168. The Morgan fingerprint density at radius 2 is 1.94 bits per heavy atom. The summed E-state index contributed by atoms with van der Waals surface area (Å²) in [6.45, 7) is 4.37. The summed E-state index contributed by atoms with van der Waals surface area (Å²) >= 11 is 0. The van der Waals surface area contributed by atoms with Gasteiger partial charge in [-0.2, -0.15) is 0 Å². The maximum absolute atomic E-state index is 13.9. The minimum atomic E-state index is -0.216. The predicted molar refractivity (Wildman–Crippen MR) is 133 cm³/mol. The lowest BCUT2D eigenvalue weighted by Crippen LogP contribution is -2.46. The van der Waals surface area contributed by atoms with Crippen LogP contribution in [0.1, 0.15) is 17.2 Å². The van der Waals surface area contributed by atoms with Gasteiger partial charge in [-0.25, -0.2) is 4.39 Å². The summed E-state index contributed by atoms with van der Waals surface area (Å²) in [5.74, 6) is 1.42. The molecule has 1 unspecified atom stereocenters. The third kappa shape index (κ3) is 7.33. The van der Waals surface area contributed by atoms with Crippen LogP contribution in [0.5, 0.6) is 5.75 Å². The maximum Gasteiger partial charge on any atom is 0.193 e. The van der Waals surface area contributed by atoms with Gasteiger partial charge in [0.05, 0.1) is 26.4 Å². The van der Waals surface area contributed by atoms with E-state index in [9.17, 15) is 4.39 Å². The van der Waals surface area contributed by atoms with Gasteiger partial charge in [0.1, 0.15) is 11.6 Å². The molecule has 1 atom stereocenters. The van der Waals surface area contributed by atoms with Crippen LogP contribution < -0.4 is 10.1 Å². The SMILES string of the molecule is CN=C(NCC(c1cccc(F)c1)N1CCOCC1)N(C)Cc1ccc(OC)cc1.I. The van der Waals surface area contributed by atoms with E-state index in [1.54, 1.807) is 26.3 Å². The minimum absolute atomic E-state index is 0. The molecule has 0 saturated carbocycles. The normalized spacial score (nSPS) is 15.7. The van der Waals surface area contributed by atoms with Crippen LogP contribution in [-0.4, -0.2) is 69.8 Å². The monoisotopic (exact) mass is 542 g/mol. The summed E-state index contributed by atoms with van der Waals surface area (Å²) in [6, 6.07) is 14.9. The summed E-state index contributed by atoms with van der Waals surface area (Å²) in [4.78, 5) is 8.84. The molecule has 31 heavy (non-hydrogen) atoms. The Kier molecular flexibility index (Phi) is 10.5. The topological polar surface area (TPSA) is 49.3 Å². The van der Waals surface area contributed by atoms with E-state index >= 15 is 0 Å². The molecule has 0 amide bonds. The first-order valence-corrected chi connectivity index (χ1v) is 10.2. The number of morpholine rings is 1. The summed E-state index contributed by atoms with van der Waals surface area (Å²) in [5.41, 5.74) is 2.12. The number of nitrogens with zero attached hydrogens (tertiary/aromatic N) is 3. The van der Waals surface area contributed by atoms with Crippen LogP contribution in [0, 0.1) is 5.82 Å². The summed E-state index contributed by atoms with van der Waals surface area (Å²) < 4.78 is 24.6. The maximum atomic E-state index is 13.9. The van der Waals surface area contributed by atoms with Crippen LogP contribution in [0.15, 0.2) is 53.5 Å². The average molecular weight is 542 g/mol. The second-order valence-corrected chi connectivity index (χ2v) is 7.35. The molecule has 0 spiro atoms. The van der Waals surface area contributed by atoms with Crippen molar-refractivity contribution < 1.29 is 13.9 Å². The van der Waals surface area contributed by atoms with Crippen molar-refractivity contribution in [2.45, 2.75) is 12.6 Å². The molecule has 1 fully saturated rings. The molecular weight excluding hydrogens is 510 g/mol. The molecule has 1 saturated heterocycles. The predicted octanol–water partition coefficient (Wildman–Crippen LogP) is 3.53. The number of guanidine groups is 1. The number of benzene rings is 2. The largest absolute Gasteiger partial charge is 0.497 e. The number of hydrogen-bond acceptors (Lipinski definition) is 4. The fraction of sp³-hybridized carbons (Fsp3) is 0.435. The van der Waals surface area contributed by atoms with Crippen LogP contribution >= 0.6 is 24.0 Å². The van der Waals surface area contributed by atoms with E-state index in [-0.39, 0.29) is 35.8 Å². The van der Waals surface area contributed by atoms with Gasteiger partial charge in [0.15, 0.2) is 5.96 Å². The van der Waals surface area contributed by atoms with Gasteiger partial charge in [0, 0.05) is 40.3 Å². The molecule has 3 rings (SSSR count). The van der Waals surface area contributed by atoms with E-state index < -0.39 is 0 Å². The van der Waals surface area contributed by atoms with Crippen molar-refractivity contribution in [2.24, 2.45) is 4.99 Å². The Morgan fingerprint density at radius 1 is 1.23 bits per heavy atom. The van der Waals surface area contributed by atoms with E-state index in [0.29, 0.717) is 26.3 Å². The number of ether oxygens (including phenoxy) is 2. The highest BCUT2D eigenvalue weighted by atomic mass is 127. The zero-order valence-corrected chi connectivity index (χ0v) is 20.7. The van der Waals surface area contributed by atoms with Crippen molar-refractivity contribution in [1.29, 1.82) is 0 Å². The fourth-order valence-electron chi connectivity index (χ4n) is 3.71. The molecule has 2 aromatic rings. The molecular formula is C23H32FIN4O2. The van der Waals surface area contributed by atoms with Crippen LogP contribution in [0.2, 0.25) is 0 Å². The third-order valence-corrected chi connectivity index (χ3v) is 5.33. The van der Waals surface area contributed by atoms with Gasteiger partial charge in [-0.1, -0.05) is 24.3 Å². The number of methoxy groups -OCH3 is 1. The highest BCUT2D eigenvalue weighted by Crippen LogP contribution is 2.22. The average Bonchev–Trinajstić information content (AvgIpc) is 2.78. The molecule has 1 aliphatic heterocycles. The first-order chi connectivity index (χ1) is 14.6. The smallest absolute Gasteiger partial charge is 0.193 e. The number of rotatable bonds is 7. The number of hydrogen-bond donors (Lipinski definition) is 1. The Balaban J connectivity index is 0.00000341. The van der Waals surface area contributed by atoms with Crippen LogP contribution in [0.4, 0.5) is 4.39 Å². The van der Waals surface area contributed by atoms with Crippen LogP contribution in [0.3, 0.4) is 0 Å². The first-order valence-electron chi connectivity index (χ1n) is 10.2. The number of halogens is 2. The van der Waals surface area contributed by atoms with Gasteiger partial charge in [-0.05, 0) is 35.4 Å². The van der Waals surface area contributed by atoms with Gasteiger partial charge in [0.2, 0.25) is 0 Å². The molecule has 1 heterocycles. The standard InChI is InChI=1S/C23H31FN4O2.HI/c1-25-23(27(2)17-18-7-9-21(29-3)10-8-18)26-16-22(28-11-13-30-14-12-28)19-5-4-6-20(24)15-19;/h4-10,15,22H,11-14,16-17H2,1-3H3,(H,25,26);1H. The molecule has 6 nitrogen and oxygen atoms in total. The van der Waals surface area contributed by atoms with Crippen molar-refractivity contribution in [2.75, 3.05) is 54.1 Å². The third-order valence-electron chi connectivity index (χ3n) is 5.33. The molecule has 0 aromatic heterocycles. The zero-order chi connectivity index (χ0) is 21.3. The second kappa shape index (κ2) is 12.8. The van der Waals surface area contributed by atoms with E-state index in [2.05, 4.69) is 20.1 Å². The summed E-state index contributed by atoms with van der Waals surface area (Å²) in [7, 11) is 5.45. The molecule has 1 N–H and O–H groups in total. The van der Waals surface area contributed by atoms with Gasteiger partial charge >= 0.3 is 0 Å². The summed E-state index contributed by atoms with van der Waals surface area (Å²) in [5, 5.41) is 3.47. The van der Waals surface area contributed by atoms with E-state index in [4.69, 9.17) is 9.47 Å². The van der Waals surface area contributed by atoms with Crippen molar-refractivity contribution in [3.05, 3.63) is 65.5 Å². The number of nitrogens with one attached hydrogen (secondary N) is 1. The van der Waals surface area contributed by atoms with Crippen LogP contribution in [0.25, 0.3) is 0 Å². The first kappa shape index (κ1) is 25.4. The Bertz CT molecular complexity index is 829. The fourth-order valence-corrected chi connectivity index (χ4v) is 3.71. The molecule has 0 bridgehead atoms. The lowest BCUT2D eigenvalue weighted by Gasteiger charge is -2.35. The molecule has 1 aliphatic rings. The van der Waals surface area contributed by atoms with Crippen molar-refractivity contribution >= 4 is 29.9 Å². The van der Waals surface area contributed by atoms with Crippen molar-refractivity contribution in [3.8, 4) is 5.75 Å².